The Kier molecular flexibility index (Phi) is 4.37. The monoisotopic (exact) mass is 381 g/mol. The quantitative estimate of drug-likeness (QED) is 0.768. The van der Waals surface area contributed by atoms with Crippen LogP contribution in [0.25, 0.3) is 11.3 Å². The third kappa shape index (κ3) is 2.88. The summed E-state index contributed by atoms with van der Waals surface area (Å²) in [5.41, 5.74) is -1.78. The molecule has 1 unspecified atom stereocenters. The van der Waals surface area contributed by atoms with Gasteiger partial charge in [0.1, 0.15) is 42.9 Å². The summed E-state index contributed by atoms with van der Waals surface area (Å²) in [7, 11) is 0. The predicted molar refractivity (Wildman–Crippen MR) is 91.7 cm³/mol. The molecule has 0 radical (unpaired) electrons. The second-order valence-electron chi connectivity index (χ2n) is 7.39. The number of rotatable bonds is 6. The highest BCUT2D eigenvalue weighted by atomic mass is 19.1. The van der Waals surface area contributed by atoms with Crippen LogP contribution in [0.5, 0.6) is 5.75 Å². The third-order valence-electron chi connectivity index (χ3n) is 5.58. The molecule has 2 heterocycles. The molecule has 0 saturated heterocycles. The number of aromatic nitrogens is 1. The molecule has 144 valence electrons. The van der Waals surface area contributed by atoms with Crippen LogP contribution in [0.1, 0.15) is 30.0 Å². The lowest BCUT2D eigenvalue weighted by Crippen LogP contribution is -2.33. The van der Waals surface area contributed by atoms with E-state index in [1.807, 2.05) is 0 Å². The summed E-state index contributed by atoms with van der Waals surface area (Å²) < 4.78 is 61.1. The number of aliphatic hydroxyl groups is 1. The van der Waals surface area contributed by atoms with E-state index >= 15 is 0 Å². The molecule has 27 heavy (non-hydrogen) atoms. The van der Waals surface area contributed by atoms with Gasteiger partial charge in [0.25, 0.3) is 0 Å². The fraction of sp³-hybridized carbons (Fsp3) is 0.450. The average molecular weight is 381 g/mol. The number of fused-ring (bicyclic) bond motifs is 1. The maximum absolute atomic E-state index is 14.7. The number of alkyl halides is 3. The first kappa shape index (κ1) is 18.2. The number of nitrogens with zero attached hydrogens (tertiary/aromatic N) is 1. The van der Waals surface area contributed by atoms with Crippen LogP contribution in [0, 0.1) is 5.82 Å². The Balaban J connectivity index is 1.92. The molecular weight excluding hydrogens is 362 g/mol. The van der Waals surface area contributed by atoms with Gasteiger partial charge in [-0.1, -0.05) is 0 Å². The maximum atomic E-state index is 14.7. The second-order valence-corrected chi connectivity index (χ2v) is 7.39. The lowest BCUT2D eigenvalue weighted by Gasteiger charge is -2.23. The molecule has 1 N–H and O–H groups in total. The normalized spacial score (nSPS) is 20.0. The minimum absolute atomic E-state index is 0.195. The molecule has 1 atom stereocenters. The Labute approximate surface area is 154 Å². The summed E-state index contributed by atoms with van der Waals surface area (Å²) in [5.74, 6) is -1.11. The number of hydrogen-bond donors (Lipinski definition) is 1. The summed E-state index contributed by atoms with van der Waals surface area (Å²) in [5, 5.41) is 9.74. The molecule has 1 aromatic carbocycles. The zero-order valence-corrected chi connectivity index (χ0v) is 14.5. The molecule has 1 aliphatic carbocycles. The van der Waals surface area contributed by atoms with Crippen molar-refractivity contribution in [3.63, 3.8) is 0 Å². The van der Waals surface area contributed by atoms with Crippen molar-refractivity contribution in [2.45, 2.75) is 29.8 Å². The fourth-order valence-electron chi connectivity index (χ4n) is 3.61. The number of ether oxygens (including phenoxy) is 1. The van der Waals surface area contributed by atoms with Crippen LogP contribution in [0.4, 0.5) is 17.6 Å². The first-order valence-corrected chi connectivity index (χ1v) is 8.82. The molecule has 2 aliphatic rings. The van der Waals surface area contributed by atoms with Crippen LogP contribution >= 0.6 is 0 Å². The lowest BCUT2D eigenvalue weighted by molar-refractivity contribution is 0.168. The Bertz CT molecular complexity index is 848. The van der Waals surface area contributed by atoms with Crippen LogP contribution < -0.4 is 4.74 Å². The first-order chi connectivity index (χ1) is 13.0. The van der Waals surface area contributed by atoms with Crippen molar-refractivity contribution in [1.29, 1.82) is 0 Å². The Morgan fingerprint density at radius 2 is 1.81 bits per heavy atom. The van der Waals surface area contributed by atoms with Gasteiger partial charge in [0, 0.05) is 11.1 Å². The highest BCUT2D eigenvalue weighted by molar-refractivity contribution is 5.71. The van der Waals surface area contributed by atoms with E-state index in [4.69, 9.17) is 4.74 Å². The van der Waals surface area contributed by atoms with Crippen LogP contribution in [0.15, 0.2) is 30.3 Å². The van der Waals surface area contributed by atoms with Gasteiger partial charge in [-0.15, -0.1) is 0 Å². The molecule has 0 amide bonds. The van der Waals surface area contributed by atoms with Crippen molar-refractivity contribution in [2.75, 3.05) is 26.6 Å². The smallest absolute Gasteiger partial charge is 0.149 e. The summed E-state index contributed by atoms with van der Waals surface area (Å²) in [6, 6.07) is 6.89. The topological polar surface area (TPSA) is 42.4 Å². The number of pyridine rings is 1. The van der Waals surface area contributed by atoms with Gasteiger partial charge in [-0.2, -0.15) is 0 Å². The van der Waals surface area contributed by atoms with Crippen molar-refractivity contribution >= 4 is 0 Å². The molecule has 3 nitrogen and oxygen atoms in total. The van der Waals surface area contributed by atoms with Crippen LogP contribution in [-0.4, -0.2) is 42.3 Å². The maximum Gasteiger partial charge on any atom is 0.149 e. The molecular formula is C20H19F4NO2. The van der Waals surface area contributed by atoms with Crippen molar-refractivity contribution in [2.24, 2.45) is 0 Å². The minimum Gasteiger partial charge on any atom is -0.490 e. The number of aliphatic hydroxyl groups excluding tert-OH is 1. The minimum atomic E-state index is -1.57. The van der Waals surface area contributed by atoms with Crippen molar-refractivity contribution in [3.8, 4) is 17.0 Å². The van der Waals surface area contributed by atoms with Crippen LogP contribution in [0.3, 0.4) is 0 Å². The van der Waals surface area contributed by atoms with E-state index in [1.54, 1.807) is 0 Å². The number of benzene rings is 1. The molecule has 1 aliphatic heterocycles. The van der Waals surface area contributed by atoms with Gasteiger partial charge < -0.3 is 9.84 Å². The van der Waals surface area contributed by atoms with E-state index in [0.717, 1.165) is 0 Å². The molecule has 7 heteroatoms. The lowest BCUT2D eigenvalue weighted by atomic mass is 9.83. The zero-order chi connectivity index (χ0) is 19.2. The van der Waals surface area contributed by atoms with Gasteiger partial charge in [0.05, 0.1) is 23.6 Å². The van der Waals surface area contributed by atoms with E-state index in [2.05, 4.69) is 4.98 Å². The van der Waals surface area contributed by atoms with Gasteiger partial charge in [-0.25, -0.2) is 22.5 Å². The summed E-state index contributed by atoms with van der Waals surface area (Å²) in [4.78, 5) is 4.46. The fourth-order valence-corrected chi connectivity index (χ4v) is 3.61. The van der Waals surface area contributed by atoms with Gasteiger partial charge in [-0.3, -0.25) is 0 Å². The van der Waals surface area contributed by atoms with Crippen LogP contribution in [0.2, 0.25) is 0 Å². The Hall–Kier alpha value is -2.15. The summed E-state index contributed by atoms with van der Waals surface area (Å²) >= 11 is 0. The van der Waals surface area contributed by atoms with Gasteiger partial charge in [0.2, 0.25) is 0 Å². The summed E-state index contributed by atoms with van der Waals surface area (Å²) in [6.45, 7) is -2.62. The molecule has 4 rings (SSSR count). The first-order valence-electron chi connectivity index (χ1n) is 8.82. The molecule has 0 spiro atoms. The molecule has 1 aromatic heterocycles. The van der Waals surface area contributed by atoms with E-state index in [0.29, 0.717) is 18.4 Å². The van der Waals surface area contributed by atoms with E-state index in [9.17, 15) is 22.7 Å². The second kappa shape index (κ2) is 6.48. The Morgan fingerprint density at radius 3 is 2.37 bits per heavy atom. The average Bonchev–Trinajstić information content (AvgIpc) is 3.31. The number of halogens is 4. The van der Waals surface area contributed by atoms with Gasteiger partial charge in [0.15, 0.2) is 0 Å². The largest absolute Gasteiger partial charge is 0.490 e. The predicted octanol–water partition coefficient (Wildman–Crippen LogP) is 4.03. The van der Waals surface area contributed by atoms with Crippen molar-refractivity contribution in [3.05, 3.63) is 47.4 Å². The SMILES string of the molecule is OCC(c1cc2c(c(-c3ccc(F)cc3)n1)OCC2(CF)CF)C1(F)CC1. The molecule has 2 aromatic rings. The van der Waals surface area contributed by atoms with E-state index in [-0.39, 0.29) is 29.3 Å². The highest BCUT2D eigenvalue weighted by Crippen LogP contribution is 2.52. The van der Waals surface area contributed by atoms with Gasteiger partial charge in [-0.05, 0) is 43.2 Å². The standard InChI is InChI=1S/C20H19F4NO2/c21-9-19(10-22)11-27-18-14(19)7-16(15(8-26)20(24)5-6-20)25-17(18)12-1-3-13(23)4-2-12/h1-4,7,15,26H,5-6,8-11H2. The van der Waals surface area contributed by atoms with E-state index in [1.165, 1.54) is 30.3 Å². The third-order valence-corrected chi connectivity index (χ3v) is 5.58. The van der Waals surface area contributed by atoms with Crippen molar-refractivity contribution in [1.82, 2.24) is 4.98 Å². The molecule has 1 fully saturated rings. The van der Waals surface area contributed by atoms with E-state index < -0.39 is 42.8 Å². The molecule has 0 bridgehead atoms. The number of hydrogen-bond acceptors (Lipinski definition) is 3. The van der Waals surface area contributed by atoms with Crippen molar-refractivity contribution < 1.29 is 27.4 Å². The van der Waals surface area contributed by atoms with Crippen LogP contribution in [-0.2, 0) is 5.41 Å². The summed E-state index contributed by atoms with van der Waals surface area (Å²) in [6.07, 6.45) is 0.605. The molecule has 1 saturated carbocycles. The Morgan fingerprint density at radius 1 is 1.15 bits per heavy atom. The van der Waals surface area contributed by atoms with Gasteiger partial charge >= 0.3 is 0 Å². The highest BCUT2D eigenvalue weighted by Gasteiger charge is 2.52. The zero-order valence-electron chi connectivity index (χ0n) is 14.5.